The van der Waals surface area contributed by atoms with E-state index in [2.05, 4.69) is 9.89 Å². The summed E-state index contributed by atoms with van der Waals surface area (Å²) in [5.74, 6) is -0.253. The molecule has 3 aromatic rings. The molecule has 0 bridgehead atoms. The van der Waals surface area contributed by atoms with Crippen LogP contribution in [0.5, 0.6) is 5.75 Å². The van der Waals surface area contributed by atoms with Crippen LogP contribution >= 0.6 is 0 Å². The quantitative estimate of drug-likeness (QED) is 0.687. The lowest BCUT2D eigenvalue weighted by molar-refractivity contribution is -0.274. The Balaban J connectivity index is 2.03. The van der Waals surface area contributed by atoms with Crippen molar-refractivity contribution in [3.63, 3.8) is 0 Å². The molecule has 0 unspecified atom stereocenters. The predicted octanol–water partition coefficient (Wildman–Crippen LogP) is 4.70. The second-order valence-electron chi connectivity index (χ2n) is 4.55. The summed E-state index contributed by atoms with van der Waals surface area (Å²) in [5.41, 5.74) is 2.55. The van der Waals surface area contributed by atoms with Crippen molar-refractivity contribution in [2.24, 2.45) is 0 Å². The third-order valence-electron chi connectivity index (χ3n) is 3.06. The molecule has 1 heterocycles. The Morgan fingerprint density at radius 3 is 2.57 bits per heavy atom. The van der Waals surface area contributed by atoms with E-state index < -0.39 is 6.36 Å². The Morgan fingerprint density at radius 2 is 1.86 bits per heavy atom. The Kier molecular flexibility index (Phi) is 3.08. The monoisotopic (exact) mass is 293 g/mol. The smallest absolute Gasteiger partial charge is 0.406 e. The minimum Gasteiger partial charge on any atom is -0.406 e. The molecular weight excluding hydrogens is 283 g/mol. The molecule has 0 N–H and O–H groups in total. The number of halogens is 3. The molecule has 3 rings (SSSR count). The molecule has 108 valence electrons. The first-order valence-electron chi connectivity index (χ1n) is 6.15. The van der Waals surface area contributed by atoms with Gasteiger partial charge in [-0.05, 0) is 42.8 Å². The number of hydrogen-bond acceptors (Lipinski definition) is 3. The summed E-state index contributed by atoms with van der Waals surface area (Å²) in [7, 11) is 0. The predicted molar refractivity (Wildman–Crippen MR) is 70.9 cm³/mol. The zero-order valence-electron chi connectivity index (χ0n) is 10.9. The van der Waals surface area contributed by atoms with Crippen LogP contribution in [0.1, 0.15) is 5.56 Å². The van der Waals surface area contributed by atoms with Crippen molar-refractivity contribution in [3.8, 4) is 17.0 Å². The minimum absolute atomic E-state index is 0.253. The molecule has 2 aromatic carbocycles. The van der Waals surface area contributed by atoms with Crippen molar-refractivity contribution in [2.75, 3.05) is 0 Å². The topological polar surface area (TPSA) is 35.3 Å². The lowest BCUT2D eigenvalue weighted by atomic mass is 10.0. The summed E-state index contributed by atoms with van der Waals surface area (Å²) in [5, 5.41) is 4.80. The molecule has 0 saturated carbocycles. The summed E-state index contributed by atoms with van der Waals surface area (Å²) in [4.78, 5) is 0. The van der Waals surface area contributed by atoms with Crippen LogP contribution in [0, 0.1) is 6.92 Å². The number of fused-ring (bicyclic) bond motifs is 1. The molecule has 21 heavy (non-hydrogen) atoms. The largest absolute Gasteiger partial charge is 0.573 e. The Morgan fingerprint density at radius 1 is 1.10 bits per heavy atom. The van der Waals surface area contributed by atoms with Gasteiger partial charge in [0.1, 0.15) is 11.4 Å². The van der Waals surface area contributed by atoms with Crippen LogP contribution in [0.2, 0.25) is 0 Å². The van der Waals surface area contributed by atoms with Crippen molar-refractivity contribution in [1.29, 1.82) is 0 Å². The van der Waals surface area contributed by atoms with Gasteiger partial charge in [0.25, 0.3) is 0 Å². The first-order valence-corrected chi connectivity index (χ1v) is 6.15. The third kappa shape index (κ3) is 2.69. The molecular formula is C15H10F3NO2. The number of hydrogen-bond donors (Lipinski definition) is 0. The molecule has 0 aliphatic rings. The Bertz CT molecular complexity index is 793. The first kappa shape index (κ1) is 13.5. The fourth-order valence-corrected chi connectivity index (χ4v) is 2.18. The Labute approximate surface area is 117 Å². The highest BCUT2D eigenvalue weighted by Crippen LogP contribution is 2.33. The highest BCUT2D eigenvalue weighted by molar-refractivity contribution is 5.92. The van der Waals surface area contributed by atoms with Gasteiger partial charge in [0.2, 0.25) is 0 Å². The van der Waals surface area contributed by atoms with Gasteiger partial charge in [-0.2, -0.15) is 0 Å². The first-order chi connectivity index (χ1) is 9.94. The minimum atomic E-state index is -4.70. The van der Waals surface area contributed by atoms with Gasteiger partial charge in [-0.25, -0.2) is 0 Å². The number of alkyl halides is 3. The number of aryl methyl sites for hydroxylation is 1. The van der Waals surface area contributed by atoms with Crippen LogP contribution in [0.25, 0.3) is 22.2 Å². The van der Waals surface area contributed by atoms with Crippen LogP contribution in [-0.4, -0.2) is 11.5 Å². The molecule has 0 spiro atoms. The lowest BCUT2D eigenvalue weighted by Gasteiger charge is -2.10. The highest BCUT2D eigenvalue weighted by Gasteiger charge is 2.31. The third-order valence-corrected chi connectivity index (χ3v) is 3.06. The summed E-state index contributed by atoms with van der Waals surface area (Å²) in [6.45, 7) is 1.70. The maximum absolute atomic E-state index is 12.2. The van der Waals surface area contributed by atoms with E-state index in [0.29, 0.717) is 22.4 Å². The van der Waals surface area contributed by atoms with E-state index in [1.54, 1.807) is 19.1 Å². The van der Waals surface area contributed by atoms with Gasteiger partial charge < -0.3 is 9.26 Å². The van der Waals surface area contributed by atoms with Gasteiger partial charge in [0, 0.05) is 10.9 Å². The van der Waals surface area contributed by atoms with E-state index in [9.17, 15) is 13.2 Å². The molecule has 0 atom stereocenters. The zero-order valence-corrected chi connectivity index (χ0v) is 10.9. The molecule has 0 saturated heterocycles. The molecule has 0 aliphatic carbocycles. The molecule has 6 heteroatoms. The van der Waals surface area contributed by atoms with Crippen LogP contribution in [0.15, 0.2) is 47.0 Å². The molecule has 0 radical (unpaired) electrons. The number of nitrogens with zero attached hydrogens (tertiary/aromatic N) is 1. The number of para-hydroxylation sites is 1. The van der Waals surface area contributed by atoms with Gasteiger partial charge >= 0.3 is 6.36 Å². The maximum Gasteiger partial charge on any atom is 0.573 e. The fraction of sp³-hybridized carbons (Fsp3) is 0.133. The summed E-state index contributed by atoms with van der Waals surface area (Å²) in [6.07, 6.45) is -4.70. The average Bonchev–Trinajstić information content (AvgIpc) is 2.81. The van der Waals surface area contributed by atoms with Crippen LogP contribution in [0.4, 0.5) is 13.2 Å². The van der Waals surface area contributed by atoms with Crippen molar-refractivity contribution in [2.45, 2.75) is 13.3 Å². The van der Waals surface area contributed by atoms with Crippen LogP contribution in [0.3, 0.4) is 0 Å². The van der Waals surface area contributed by atoms with E-state index in [4.69, 9.17) is 4.52 Å². The molecule has 3 nitrogen and oxygen atoms in total. The zero-order chi connectivity index (χ0) is 15.0. The SMILES string of the molecule is Cc1cc(OC(F)(F)F)ccc1-c1noc2ccccc12. The molecule has 0 aliphatic heterocycles. The van der Waals surface area contributed by atoms with E-state index in [1.165, 1.54) is 12.1 Å². The standard InChI is InChI=1S/C15H10F3NO2/c1-9-8-10(20-15(16,17)18)6-7-11(9)14-12-4-2-3-5-13(12)21-19-14/h2-8H,1H3. The number of benzene rings is 2. The van der Waals surface area contributed by atoms with Crippen molar-refractivity contribution >= 4 is 11.0 Å². The van der Waals surface area contributed by atoms with Crippen molar-refractivity contribution in [3.05, 3.63) is 48.0 Å². The van der Waals surface area contributed by atoms with Crippen molar-refractivity contribution in [1.82, 2.24) is 5.16 Å². The fourth-order valence-electron chi connectivity index (χ4n) is 2.18. The van der Waals surface area contributed by atoms with E-state index in [1.807, 2.05) is 18.2 Å². The van der Waals surface area contributed by atoms with Gasteiger partial charge in [-0.3, -0.25) is 0 Å². The van der Waals surface area contributed by atoms with Gasteiger partial charge in [0.15, 0.2) is 5.58 Å². The lowest BCUT2D eigenvalue weighted by Crippen LogP contribution is -2.17. The van der Waals surface area contributed by atoms with E-state index >= 15 is 0 Å². The van der Waals surface area contributed by atoms with Gasteiger partial charge in [-0.15, -0.1) is 13.2 Å². The highest BCUT2D eigenvalue weighted by atomic mass is 19.4. The van der Waals surface area contributed by atoms with E-state index in [0.717, 1.165) is 5.39 Å². The molecule has 0 amide bonds. The molecule has 0 fully saturated rings. The normalized spacial score (nSPS) is 11.8. The summed E-state index contributed by atoms with van der Waals surface area (Å²) in [6, 6.07) is 11.4. The number of rotatable bonds is 2. The Hall–Kier alpha value is -2.50. The van der Waals surface area contributed by atoms with E-state index in [-0.39, 0.29) is 5.75 Å². The second-order valence-corrected chi connectivity index (χ2v) is 4.55. The second kappa shape index (κ2) is 4.80. The number of aromatic nitrogens is 1. The summed E-state index contributed by atoms with van der Waals surface area (Å²) >= 11 is 0. The van der Waals surface area contributed by atoms with Crippen LogP contribution < -0.4 is 4.74 Å². The average molecular weight is 293 g/mol. The van der Waals surface area contributed by atoms with Gasteiger partial charge in [0.05, 0.1) is 0 Å². The van der Waals surface area contributed by atoms with Crippen LogP contribution in [-0.2, 0) is 0 Å². The number of ether oxygens (including phenoxy) is 1. The summed E-state index contributed by atoms with van der Waals surface area (Å²) < 4.78 is 45.7. The van der Waals surface area contributed by atoms with Crippen molar-refractivity contribution < 1.29 is 22.4 Å². The molecule has 1 aromatic heterocycles. The maximum atomic E-state index is 12.2. The van der Waals surface area contributed by atoms with Gasteiger partial charge in [-0.1, -0.05) is 17.3 Å².